The molecule has 1 aliphatic heterocycles. The highest BCUT2D eigenvalue weighted by Gasteiger charge is 2.24. The number of alkyl halides is 1. The van der Waals surface area contributed by atoms with Crippen LogP contribution >= 0.6 is 11.6 Å². The van der Waals surface area contributed by atoms with Crippen LogP contribution in [0.3, 0.4) is 0 Å². The van der Waals surface area contributed by atoms with Crippen molar-refractivity contribution in [3.63, 3.8) is 0 Å². The maximum atomic E-state index is 5.74. The SMILES string of the molecule is C[C@@H]1C[C@H](C)CN(c2nc(N)nc(CCl)n2)C1. The molecule has 1 aliphatic rings. The van der Waals surface area contributed by atoms with Gasteiger partial charge in [0, 0.05) is 13.1 Å². The van der Waals surface area contributed by atoms with E-state index in [1.165, 1.54) is 6.42 Å². The molecule has 17 heavy (non-hydrogen) atoms. The molecule has 2 atom stereocenters. The van der Waals surface area contributed by atoms with Gasteiger partial charge in [0.15, 0.2) is 5.82 Å². The normalized spacial score (nSPS) is 25.0. The van der Waals surface area contributed by atoms with E-state index in [9.17, 15) is 0 Å². The maximum Gasteiger partial charge on any atom is 0.230 e. The van der Waals surface area contributed by atoms with E-state index in [2.05, 4.69) is 33.7 Å². The van der Waals surface area contributed by atoms with Crippen LogP contribution in [0.1, 0.15) is 26.1 Å². The second-order valence-corrected chi connectivity index (χ2v) is 5.16. The number of anilines is 2. The molecule has 0 amide bonds. The van der Waals surface area contributed by atoms with Crippen molar-refractivity contribution in [1.82, 2.24) is 15.0 Å². The summed E-state index contributed by atoms with van der Waals surface area (Å²) in [5.74, 6) is 3.01. The van der Waals surface area contributed by atoms with Crippen molar-refractivity contribution in [2.45, 2.75) is 26.1 Å². The summed E-state index contributed by atoms with van der Waals surface area (Å²) in [4.78, 5) is 14.7. The molecular formula is C11H18ClN5. The zero-order chi connectivity index (χ0) is 12.4. The Kier molecular flexibility index (Phi) is 3.66. The van der Waals surface area contributed by atoms with Crippen LogP contribution in [0.5, 0.6) is 0 Å². The number of nitrogen functional groups attached to an aromatic ring is 1. The molecule has 0 radical (unpaired) electrons. The summed E-state index contributed by atoms with van der Waals surface area (Å²) in [5.41, 5.74) is 5.66. The topological polar surface area (TPSA) is 67.9 Å². The van der Waals surface area contributed by atoms with Gasteiger partial charge in [-0.15, -0.1) is 11.6 Å². The fourth-order valence-corrected chi connectivity index (χ4v) is 2.57. The Morgan fingerprint density at radius 1 is 1.24 bits per heavy atom. The van der Waals surface area contributed by atoms with Crippen molar-refractivity contribution in [1.29, 1.82) is 0 Å². The van der Waals surface area contributed by atoms with Crippen molar-refractivity contribution < 1.29 is 0 Å². The van der Waals surface area contributed by atoms with E-state index in [4.69, 9.17) is 17.3 Å². The van der Waals surface area contributed by atoms with Gasteiger partial charge in [-0.3, -0.25) is 0 Å². The van der Waals surface area contributed by atoms with Gasteiger partial charge >= 0.3 is 0 Å². The Bertz CT molecular complexity index is 387. The number of hydrogen-bond donors (Lipinski definition) is 1. The highest BCUT2D eigenvalue weighted by atomic mass is 35.5. The summed E-state index contributed by atoms with van der Waals surface area (Å²) < 4.78 is 0. The molecule has 0 bridgehead atoms. The number of halogens is 1. The summed E-state index contributed by atoms with van der Waals surface area (Å²) >= 11 is 5.74. The van der Waals surface area contributed by atoms with Crippen LogP contribution in [0.25, 0.3) is 0 Å². The van der Waals surface area contributed by atoms with Crippen LogP contribution in [-0.4, -0.2) is 28.0 Å². The molecule has 2 N–H and O–H groups in total. The molecule has 2 heterocycles. The Morgan fingerprint density at radius 3 is 2.47 bits per heavy atom. The Balaban J connectivity index is 2.23. The largest absolute Gasteiger partial charge is 0.368 e. The quantitative estimate of drug-likeness (QED) is 0.815. The Morgan fingerprint density at radius 2 is 1.88 bits per heavy atom. The minimum atomic E-state index is 0.247. The molecule has 0 aliphatic carbocycles. The van der Waals surface area contributed by atoms with E-state index in [0.29, 0.717) is 23.6 Å². The number of aromatic nitrogens is 3. The van der Waals surface area contributed by atoms with Crippen molar-refractivity contribution >= 4 is 23.5 Å². The first-order valence-electron chi connectivity index (χ1n) is 5.89. The molecule has 0 spiro atoms. The second kappa shape index (κ2) is 5.04. The first-order chi connectivity index (χ1) is 8.08. The van der Waals surface area contributed by atoms with Crippen LogP contribution in [-0.2, 0) is 5.88 Å². The molecule has 0 aromatic carbocycles. The lowest BCUT2D eigenvalue weighted by Gasteiger charge is -2.34. The van der Waals surface area contributed by atoms with Crippen molar-refractivity contribution in [3.05, 3.63) is 5.82 Å². The monoisotopic (exact) mass is 255 g/mol. The number of hydrogen-bond acceptors (Lipinski definition) is 5. The van der Waals surface area contributed by atoms with Gasteiger partial charge in [-0.2, -0.15) is 15.0 Å². The Labute approximate surface area is 106 Å². The van der Waals surface area contributed by atoms with E-state index in [1.807, 2.05) is 0 Å². The second-order valence-electron chi connectivity index (χ2n) is 4.89. The van der Waals surface area contributed by atoms with Gasteiger partial charge in [0.25, 0.3) is 0 Å². The van der Waals surface area contributed by atoms with Crippen molar-refractivity contribution in [3.8, 4) is 0 Å². The van der Waals surface area contributed by atoms with Gasteiger partial charge in [-0.05, 0) is 18.3 Å². The Hall–Kier alpha value is -1.10. The zero-order valence-corrected chi connectivity index (χ0v) is 11.0. The van der Waals surface area contributed by atoms with Crippen LogP contribution < -0.4 is 10.6 Å². The molecule has 1 aromatic rings. The highest BCUT2D eigenvalue weighted by Crippen LogP contribution is 2.24. The molecule has 5 nitrogen and oxygen atoms in total. The third-order valence-corrected chi connectivity index (χ3v) is 3.20. The molecule has 1 saturated heterocycles. The molecule has 0 saturated carbocycles. The number of nitrogens with zero attached hydrogens (tertiary/aromatic N) is 4. The first-order valence-corrected chi connectivity index (χ1v) is 6.43. The molecule has 2 rings (SSSR count). The third-order valence-electron chi connectivity index (χ3n) is 2.96. The lowest BCUT2D eigenvalue weighted by atomic mass is 9.92. The van der Waals surface area contributed by atoms with Gasteiger partial charge in [0.1, 0.15) is 0 Å². The number of rotatable bonds is 2. The molecule has 0 unspecified atom stereocenters. The minimum Gasteiger partial charge on any atom is -0.368 e. The number of nitrogens with two attached hydrogens (primary N) is 1. The van der Waals surface area contributed by atoms with E-state index in [0.717, 1.165) is 13.1 Å². The van der Waals surface area contributed by atoms with Crippen LogP contribution in [0.4, 0.5) is 11.9 Å². The lowest BCUT2D eigenvalue weighted by molar-refractivity contribution is 0.353. The standard InChI is InChI=1S/C11H18ClN5/c1-7-3-8(2)6-17(5-7)11-15-9(4-12)14-10(13)16-11/h7-8H,3-6H2,1-2H3,(H2,13,14,15,16)/t7-,8+. The average Bonchev–Trinajstić information content (AvgIpc) is 2.26. The summed E-state index contributed by atoms with van der Waals surface area (Å²) in [6, 6.07) is 0. The molecule has 6 heteroatoms. The smallest absolute Gasteiger partial charge is 0.230 e. The van der Waals surface area contributed by atoms with Crippen LogP contribution in [0.15, 0.2) is 0 Å². The predicted octanol–water partition coefficient (Wildman–Crippen LogP) is 1.67. The summed E-state index contributed by atoms with van der Waals surface area (Å²) in [7, 11) is 0. The molecule has 94 valence electrons. The minimum absolute atomic E-state index is 0.247. The fourth-order valence-electron chi connectivity index (χ4n) is 2.45. The van der Waals surface area contributed by atoms with E-state index in [1.54, 1.807) is 0 Å². The van der Waals surface area contributed by atoms with Crippen LogP contribution in [0, 0.1) is 11.8 Å². The van der Waals surface area contributed by atoms with Gasteiger partial charge in [-0.1, -0.05) is 13.8 Å². The molecule has 1 fully saturated rings. The van der Waals surface area contributed by atoms with Crippen molar-refractivity contribution in [2.75, 3.05) is 23.7 Å². The van der Waals surface area contributed by atoms with Gasteiger partial charge in [0.2, 0.25) is 11.9 Å². The third kappa shape index (κ3) is 2.97. The summed E-state index contributed by atoms with van der Waals surface area (Å²) in [5, 5.41) is 0. The van der Waals surface area contributed by atoms with Gasteiger partial charge in [0.05, 0.1) is 5.88 Å². The van der Waals surface area contributed by atoms with E-state index >= 15 is 0 Å². The molecular weight excluding hydrogens is 238 g/mol. The number of piperidine rings is 1. The van der Waals surface area contributed by atoms with E-state index < -0.39 is 0 Å². The predicted molar refractivity (Wildman–Crippen MR) is 69.0 cm³/mol. The van der Waals surface area contributed by atoms with Crippen LogP contribution in [0.2, 0.25) is 0 Å². The molecule has 1 aromatic heterocycles. The zero-order valence-electron chi connectivity index (χ0n) is 10.2. The van der Waals surface area contributed by atoms with Gasteiger partial charge < -0.3 is 10.6 Å². The van der Waals surface area contributed by atoms with Crippen molar-refractivity contribution in [2.24, 2.45) is 11.8 Å². The average molecular weight is 256 g/mol. The first kappa shape index (κ1) is 12.4. The lowest BCUT2D eigenvalue weighted by Crippen LogP contribution is -2.40. The van der Waals surface area contributed by atoms with E-state index in [-0.39, 0.29) is 11.8 Å². The maximum absolute atomic E-state index is 5.74. The fraction of sp³-hybridized carbons (Fsp3) is 0.727. The highest BCUT2D eigenvalue weighted by molar-refractivity contribution is 6.16. The van der Waals surface area contributed by atoms with Gasteiger partial charge in [-0.25, -0.2) is 0 Å². The summed E-state index contributed by atoms with van der Waals surface area (Å²) in [6.07, 6.45) is 1.25. The summed E-state index contributed by atoms with van der Waals surface area (Å²) in [6.45, 7) is 6.43.